The minimum atomic E-state index is -0.682. The fourth-order valence-electron chi connectivity index (χ4n) is 5.51. The minimum Gasteiger partial charge on any atom is -0.449 e. The van der Waals surface area contributed by atoms with Crippen molar-refractivity contribution in [3.63, 3.8) is 0 Å². The van der Waals surface area contributed by atoms with Gasteiger partial charge in [0.2, 0.25) is 0 Å². The Balaban J connectivity index is 1.21. The molecule has 41 heavy (non-hydrogen) atoms. The SMILES string of the molecule is CC1(C)OB(C(=Cc2ccc3[nH]ccc(=O)c3c2)CNC(=O)OCC2c3ccccc3-c3ccccc32)OC1(C)C. The number of pyridine rings is 1. The zero-order chi connectivity index (χ0) is 28.8. The third-order valence-corrected chi connectivity index (χ3v) is 8.47. The Morgan fingerprint density at radius 3 is 2.24 bits per heavy atom. The van der Waals surface area contributed by atoms with Crippen molar-refractivity contribution in [2.24, 2.45) is 0 Å². The molecule has 0 radical (unpaired) electrons. The highest BCUT2D eigenvalue weighted by Crippen LogP contribution is 2.44. The van der Waals surface area contributed by atoms with Crippen LogP contribution in [0.25, 0.3) is 28.1 Å². The number of aromatic amines is 1. The third-order valence-electron chi connectivity index (χ3n) is 8.47. The van der Waals surface area contributed by atoms with Gasteiger partial charge < -0.3 is 24.3 Å². The van der Waals surface area contributed by atoms with Crippen LogP contribution >= 0.6 is 0 Å². The lowest BCUT2D eigenvalue weighted by atomic mass is 9.77. The van der Waals surface area contributed by atoms with E-state index in [0.29, 0.717) is 10.9 Å². The van der Waals surface area contributed by atoms with Gasteiger partial charge in [0, 0.05) is 35.6 Å². The van der Waals surface area contributed by atoms with E-state index in [-0.39, 0.29) is 24.5 Å². The Kier molecular flexibility index (Phi) is 6.84. The average Bonchev–Trinajstić information content (AvgIpc) is 3.39. The van der Waals surface area contributed by atoms with Gasteiger partial charge >= 0.3 is 13.2 Å². The summed E-state index contributed by atoms with van der Waals surface area (Å²) < 4.78 is 18.4. The van der Waals surface area contributed by atoms with Crippen molar-refractivity contribution in [1.82, 2.24) is 10.3 Å². The lowest BCUT2D eigenvalue weighted by molar-refractivity contribution is 0.00578. The van der Waals surface area contributed by atoms with Gasteiger partial charge in [0.15, 0.2) is 5.43 Å². The Morgan fingerprint density at radius 2 is 1.59 bits per heavy atom. The fourth-order valence-corrected chi connectivity index (χ4v) is 5.51. The summed E-state index contributed by atoms with van der Waals surface area (Å²) in [6.45, 7) is 8.32. The predicted octanol–water partition coefficient (Wildman–Crippen LogP) is 6.08. The molecule has 1 aromatic heterocycles. The van der Waals surface area contributed by atoms with Crippen LogP contribution in [-0.2, 0) is 14.0 Å². The molecule has 1 saturated heterocycles. The first kappa shape index (κ1) is 27.1. The van der Waals surface area contributed by atoms with E-state index in [2.05, 4.69) is 34.6 Å². The summed E-state index contributed by atoms with van der Waals surface area (Å²) in [5, 5.41) is 3.48. The number of carbonyl (C=O) groups is 1. The van der Waals surface area contributed by atoms with E-state index in [1.807, 2.05) is 76.2 Å². The summed E-state index contributed by atoms with van der Waals surface area (Å²) in [6, 6.07) is 23.6. The highest BCUT2D eigenvalue weighted by Gasteiger charge is 2.52. The first-order valence-electron chi connectivity index (χ1n) is 13.9. The van der Waals surface area contributed by atoms with E-state index in [1.165, 1.54) is 17.2 Å². The third kappa shape index (κ3) is 5.09. The normalized spacial score (nSPS) is 17.4. The standard InChI is InChI=1S/C33H33BN2O5/c1-32(2)33(3,4)41-34(40-32)22(17-21-13-14-29-27(18-21)30(37)15-16-35-29)19-36-31(38)39-20-28-25-11-7-5-9-23(25)24-10-6-8-12-26(24)28/h5-18,28H,19-20H2,1-4H3,(H,35,37)(H,36,38). The molecule has 3 aromatic carbocycles. The summed E-state index contributed by atoms with van der Waals surface area (Å²) in [5.74, 6) is -0.0260. The van der Waals surface area contributed by atoms with E-state index < -0.39 is 24.4 Å². The van der Waals surface area contributed by atoms with Gasteiger partial charge in [-0.05, 0) is 73.1 Å². The molecular formula is C33H33BN2O5. The zero-order valence-electron chi connectivity index (χ0n) is 23.7. The van der Waals surface area contributed by atoms with Crippen molar-refractivity contribution in [1.29, 1.82) is 0 Å². The molecule has 1 aliphatic carbocycles. The van der Waals surface area contributed by atoms with Crippen molar-refractivity contribution in [2.45, 2.75) is 44.8 Å². The number of fused-ring (bicyclic) bond motifs is 4. The monoisotopic (exact) mass is 548 g/mol. The second-order valence-corrected chi connectivity index (χ2v) is 11.6. The maximum absolute atomic E-state index is 13.0. The molecule has 0 spiro atoms. The smallest absolute Gasteiger partial charge is 0.449 e. The maximum atomic E-state index is 13.0. The van der Waals surface area contributed by atoms with Crippen molar-refractivity contribution in [2.75, 3.05) is 13.2 Å². The van der Waals surface area contributed by atoms with Crippen LogP contribution in [0.2, 0.25) is 0 Å². The van der Waals surface area contributed by atoms with Crippen LogP contribution in [0.15, 0.2) is 89.3 Å². The number of rotatable bonds is 6. The number of nitrogens with one attached hydrogen (secondary N) is 2. The number of hydrogen-bond acceptors (Lipinski definition) is 5. The van der Waals surface area contributed by atoms with Crippen LogP contribution < -0.4 is 10.7 Å². The molecule has 1 fully saturated rings. The summed E-state index contributed by atoms with van der Waals surface area (Å²) >= 11 is 0. The zero-order valence-corrected chi connectivity index (χ0v) is 23.7. The molecule has 1 amide bonds. The molecule has 4 aromatic rings. The molecule has 6 rings (SSSR count). The lowest BCUT2D eigenvalue weighted by Crippen LogP contribution is -2.41. The van der Waals surface area contributed by atoms with E-state index in [9.17, 15) is 9.59 Å². The minimum absolute atomic E-state index is 0.0260. The quantitative estimate of drug-likeness (QED) is 0.285. The number of alkyl carbamates (subject to hydrolysis) is 1. The summed E-state index contributed by atoms with van der Waals surface area (Å²) in [6.07, 6.45) is 3.01. The van der Waals surface area contributed by atoms with Crippen molar-refractivity contribution in [3.8, 4) is 11.1 Å². The number of ether oxygens (including phenoxy) is 1. The van der Waals surface area contributed by atoms with E-state index in [0.717, 1.165) is 22.2 Å². The molecule has 0 bridgehead atoms. The topological polar surface area (TPSA) is 89.7 Å². The number of benzene rings is 3. The van der Waals surface area contributed by atoms with Crippen LogP contribution in [0.3, 0.4) is 0 Å². The van der Waals surface area contributed by atoms with Gasteiger partial charge in [-0.2, -0.15) is 0 Å². The molecule has 1 aliphatic heterocycles. The van der Waals surface area contributed by atoms with Crippen molar-refractivity contribution in [3.05, 3.63) is 111 Å². The molecule has 0 unspecified atom stereocenters. The Bertz CT molecular complexity index is 1660. The molecule has 7 nitrogen and oxygen atoms in total. The van der Waals surface area contributed by atoms with E-state index in [4.69, 9.17) is 14.0 Å². The molecular weight excluding hydrogens is 515 g/mol. The summed E-state index contributed by atoms with van der Waals surface area (Å²) in [5.41, 5.74) is 5.76. The average molecular weight is 548 g/mol. The molecule has 2 N–H and O–H groups in total. The van der Waals surface area contributed by atoms with Crippen LogP contribution in [0.1, 0.15) is 50.3 Å². The van der Waals surface area contributed by atoms with Gasteiger partial charge in [0.25, 0.3) is 0 Å². The van der Waals surface area contributed by atoms with E-state index in [1.54, 1.807) is 6.20 Å². The first-order valence-corrected chi connectivity index (χ1v) is 13.9. The second-order valence-electron chi connectivity index (χ2n) is 11.6. The van der Waals surface area contributed by atoms with Gasteiger partial charge in [-0.3, -0.25) is 4.79 Å². The van der Waals surface area contributed by atoms with Gasteiger partial charge in [-0.15, -0.1) is 0 Å². The largest absolute Gasteiger partial charge is 0.492 e. The highest BCUT2D eigenvalue weighted by molar-refractivity contribution is 6.56. The molecule has 0 saturated carbocycles. The first-order chi connectivity index (χ1) is 19.6. The summed E-state index contributed by atoms with van der Waals surface area (Å²) in [4.78, 5) is 28.5. The predicted molar refractivity (Wildman–Crippen MR) is 162 cm³/mol. The van der Waals surface area contributed by atoms with Gasteiger partial charge in [-0.1, -0.05) is 60.7 Å². The summed E-state index contributed by atoms with van der Waals surface area (Å²) in [7, 11) is -0.682. The van der Waals surface area contributed by atoms with Crippen LogP contribution in [0.4, 0.5) is 4.79 Å². The fraction of sp³-hybridized carbons (Fsp3) is 0.273. The lowest BCUT2D eigenvalue weighted by Gasteiger charge is -2.32. The molecule has 2 aliphatic rings. The second kappa shape index (κ2) is 10.4. The van der Waals surface area contributed by atoms with E-state index >= 15 is 0 Å². The van der Waals surface area contributed by atoms with Crippen LogP contribution in [0.5, 0.6) is 0 Å². The molecule has 2 heterocycles. The highest BCUT2D eigenvalue weighted by atomic mass is 16.7. The maximum Gasteiger partial charge on any atom is 0.492 e. The number of H-pyrrole nitrogens is 1. The van der Waals surface area contributed by atoms with Crippen LogP contribution in [-0.4, -0.2) is 42.5 Å². The van der Waals surface area contributed by atoms with Gasteiger partial charge in [0.05, 0.1) is 11.2 Å². The van der Waals surface area contributed by atoms with Gasteiger partial charge in [-0.25, -0.2) is 4.79 Å². The Labute approximate surface area is 239 Å². The number of hydrogen-bond donors (Lipinski definition) is 2. The molecule has 8 heteroatoms. The Morgan fingerprint density at radius 1 is 0.951 bits per heavy atom. The Hall–Kier alpha value is -4.14. The van der Waals surface area contributed by atoms with Crippen LogP contribution in [0, 0.1) is 0 Å². The van der Waals surface area contributed by atoms with Gasteiger partial charge in [0.1, 0.15) is 6.61 Å². The van der Waals surface area contributed by atoms with Crippen molar-refractivity contribution < 1.29 is 18.8 Å². The van der Waals surface area contributed by atoms with Crippen molar-refractivity contribution >= 4 is 30.2 Å². The molecule has 0 atom stereocenters. The number of amides is 1. The number of carbonyl (C=O) groups excluding carboxylic acids is 1. The number of aromatic nitrogens is 1. The molecule has 208 valence electrons.